The van der Waals surface area contributed by atoms with Gasteiger partial charge in [0.1, 0.15) is 0 Å². The SMILES string of the molecule is CNCC(C)Cn1cncc1C(OC)OC. The molecule has 5 heteroatoms. The molecule has 0 aromatic carbocycles. The van der Waals surface area contributed by atoms with Crippen LogP contribution in [0.1, 0.15) is 18.9 Å². The number of aromatic nitrogens is 2. The average Bonchev–Trinajstić information content (AvgIpc) is 2.69. The van der Waals surface area contributed by atoms with E-state index in [2.05, 4.69) is 21.8 Å². The summed E-state index contributed by atoms with van der Waals surface area (Å²) in [6, 6.07) is 0. The van der Waals surface area contributed by atoms with Crippen molar-refractivity contribution in [2.24, 2.45) is 5.92 Å². The molecule has 0 saturated carbocycles. The van der Waals surface area contributed by atoms with Gasteiger partial charge in [-0.25, -0.2) is 4.98 Å². The van der Waals surface area contributed by atoms with Crippen molar-refractivity contribution < 1.29 is 9.47 Å². The normalized spacial score (nSPS) is 13.3. The molecule has 0 aliphatic carbocycles. The van der Waals surface area contributed by atoms with E-state index in [1.165, 1.54) is 0 Å². The highest BCUT2D eigenvalue weighted by atomic mass is 16.7. The smallest absolute Gasteiger partial charge is 0.200 e. The van der Waals surface area contributed by atoms with Gasteiger partial charge in [0.05, 0.1) is 18.2 Å². The van der Waals surface area contributed by atoms with E-state index in [1.807, 2.05) is 13.4 Å². The summed E-state index contributed by atoms with van der Waals surface area (Å²) >= 11 is 0. The average molecular weight is 227 g/mol. The van der Waals surface area contributed by atoms with Crippen LogP contribution in [0.15, 0.2) is 12.5 Å². The van der Waals surface area contributed by atoms with Crippen LogP contribution in [-0.4, -0.2) is 37.4 Å². The second-order valence-corrected chi connectivity index (χ2v) is 3.94. The molecule has 1 heterocycles. The number of nitrogens with zero attached hydrogens (tertiary/aromatic N) is 2. The van der Waals surface area contributed by atoms with Crippen LogP contribution in [0.25, 0.3) is 0 Å². The molecular formula is C11H21N3O2. The Hall–Kier alpha value is -0.910. The predicted octanol–water partition coefficient (Wildman–Crippen LogP) is 1.03. The molecule has 0 bridgehead atoms. The Morgan fingerprint density at radius 2 is 2.12 bits per heavy atom. The van der Waals surface area contributed by atoms with E-state index in [4.69, 9.17) is 9.47 Å². The fraction of sp³-hybridized carbons (Fsp3) is 0.727. The highest BCUT2D eigenvalue weighted by Crippen LogP contribution is 2.17. The van der Waals surface area contributed by atoms with Gasteiger partial charge in [-0.05, 0) is 19.5 Å². The third-order valence-electron chi connectivity index (χ3n) is 2.48. The molecule has 0 amide bonds. The van der Waals surface area contributed by atoms with Crippen molar-refractivity contribution in [2.75, 3.05) is 27.8 Å². The van der Waals surface area contributed by atoms with E-state index in [0.717, 1.165) is 18.8 Å². The van der Waals surface area contributed by atoms with E-state index in [-0.39, 0.29) is 6.29 Å². The van der Waals surface area contributed by atoms with Gasteiger partial charge in [0.25, 0.3) is 0 Å². The second-order valence-electron chi connectivity index (χ2n) is 3.94. The van der Waals surface area contributed by atoms with Crippen molar-refractivity contribution >= 4 is 0 Å². The quantitative estimate of drug-likeness (QED) is 0.707. The van der Waals surface area contributed by atoms with Gasteiger partial charge in [0.2, 0.25) is 0 Å². The van der Waals surface area contributed by atoms with Crippen LogP contribution >= 0.6 is 0 Å². The summed E-state index contributed by atoms with van der Waals surface area (Å²) in [5.41, 5.74) is 0.952. The molecule has 1 unspecified atom stereocenters. The third-order valence-corrected chi connectivity index (χ3v) is 2.48. The number of nitrogens with one attached hydrogen (secondary N) is 1. The molecule has 5 nitrogen and oxygen atoms in total. The standard InChI is InChI=1S/C11H21N3O2/c1-9(5-12-2)7-14-8-13-6-10(14)11(15-3)16-4/h6,8-9,11-12H,5,7H2,1-4H3. The molecule has 1 N–H and O–H groups in total. The zero-order valence-corrected chi connectivity index (χ0v) is 10.4. The first-order valence-corrected chi connectivity index (χ1v) is 5.43. The summed E-state index contributed by atoms with van der Waals surface area (Å²) in [6.45, 7) is 4.07. The van der Waals surface area contributed by atoms with Crippen molar-refractivity contribution in [2.45, 2.75) is 19.8 Å². The first-order valence-electron chi connectivity index (χ1n) is 5.43. The molecule has 16 heavy (non-hydrogen) atoms. The summed E-state index contributed by atoms with van der Waals surface area (Å²) in [7, 11) is 5.21. The summed E-state index contributed by atoms with van der Waals surface area (Å²) in [5.74, 6) is 0.535. The maximum atomic E-state index is 5.23. The minimum Gasteiger partial charge on any atom is -0.350 e. The number of rotatable bonds is 7. The van der Waals surface area contributed by atoms with Crippen molar-refractivity contribution in [1.82, 2.24) is 14.9 Å². The molecular weight excluding hydrogens is 206 g/mol. The maximum Gasteiger partial charge on any atom is 0.200 e. The fourth-order valence-corrected chi connectivity index (χ4v) is 1.77. The Morgan fingerprint density at radius 3 is 2.69 bits per heavy atom. The van der Waals surface area contributed by atoms with Crippen LogP contribution in [0, 0.1) is 5.92 Å². The van der Waals surface area contributed by atoms with Crippen molar-refractivity contribution in [1.29, 1.82) is 0 Å². The first-order chi connectivity index (χ1) is 7.72. The molecule has 1 aromatic heterocycles. The lowest BCUT2D eigenvalue weighted by molar-refractivity contribution is -0.110. The summed E-state index contributed by atoms with van der Waals surface area (Å²) in [4.78, 5) is 4.13. The minimum absolute atomic E-state index is 0.343. The molecule has 1 rings (SSSR count). The van der Waals surface area contributed by atoms with Gasteiger partial charge in [-0.15, -0.1) is 0 Å². The fourth-order valence-electron chi connectivity index (χ4n) is 1.77. The first kappa shape index (κ1) is 13.2. The van der Waals surface area contributed by atoms with Crippen molar-refractivity contribution in [3.8, 4) is 0 Å². The van der Waals surface area contributed by atoms with E-state index in [9.17, 15) is 0 Å². The van der Waals surface area contributed by atoms with Gasteiger partial charge in [-0.2, -0.15) is 0 Å². The zero-order chi connectivity index (χ0) is 12.0. The van der Waals surface area contributed by atoms with E-state index in [0.29, 0.717) is 5.92 Å². The monoisotopic (exact) mass is 227 g/mol. The number of hydrogen-bond acceptors (Lipinski definition) is 4. The minimum atomic E-state index is -0.343. The van der Waals surface area contributed by atoms with Crippen LogP contribution in [-0.2, 0) is 16.0 Å². The molecule has 1 aromatic rings. The summed E-state index contributed by atoms with van der Waals surface area (Å²) in [5, 5.41) is 3.16. The second kappa shape index (κ2) is 6.62. The number of hydrogen-bond donors (Lipinski definition) is 1. The van der Waals surface area contributed by atoms with Gasteiger partial charge >= 0.3 is 0 Å². The number of methoxy groups -OCH3 is 2. The Labute approximate surface area is 96.8 Å². The van der Waals surface area contributed by atoms with Gasteiger partial charge in [-0.3, -0.25) is 0 Å². The lowest BCUT2D eigenvalue weighted by Crippen LogP contribution is -2.22. The molecule has 0 saturated heterocycles. The van der Waals surface area contributed by atoms with Crippen LogP contribution in [0.2, 0.25) is 0 Å². The predicted molar refractivity (Wildman–Crippen MR) is 62.1 cm³/mol. The molecule has 1 atom stereocenters. The molecule has 0 aliphatic heterocycles. The third kappa shape index (κ3) is 3.30. The molecule has 0 fully saturated rings. The van der Waals surface area contributed by atoms with Crippen LogP contribution in [0.5, 0.6) is 0 Å². The van der Waals surface area contributed by atoms with Gasteiger partial charge in [-0.1, -0.05) is 6.92 Å². The van der Waals surface area contributed by atoms with E-state index < -0.39 is 0 Å². The van der Waals surface area contributed by atoms with Gasteiger partial charge in [0.15, 0.2) is 6.29 Å². The van der Waals surface area contributed by atoms with Gasteiger partial charge in [0, 0.05) is 20.8 Å². The van der Waals surface area contributed by atoms with Crippen LogP contribution in [0.4, 0.5) is 0 Å². The Morgan fingerprint density at radius 1 is 1.44 bits per heavy atom. The van der Waals surface area contributed by atoms with E-state index in [1.54, 1.807) is 20.4 Å². The zero-order valence-electron chi connectivity index (χ0n) is 10.4. The van der Waals surface area contributed by atoms with Crippen molar-refractivity contribution in [3.63, 3.8) is 0 Å². The highest BCUT2D eigenvalue weighted by molar-refractivity contribution is 5.00. The molecule has 0 radical (unpaired) electrons. The Bertz CT molecular complexity index is 297. The van der Waals surface area contributed by atoms with Crippen LogP contribution in [0.3, 0.4) is 0 Å². The maximum absolute atomic E-state index is 5.23. The Balaban J connectivity index is 2.69. The highest BCUT2D eigenvalue weighted by Gasteiger charge is 2.15. The molecule has 92 valence electrons. The summed E-state index contributed by atoms with van der Waals surface area (Å²) in [6.07, 6.45) is 3.25. The van der Waals surface area contributed by atoms with Gasteiger partial charge < -0.3 is 19.4 Å². The van der Waals surface area contributed by atoms with E-state index >= 15 is 0 Å². The van der Waals surface area contributed by atoms with Crippen molar-refractivity contribution in [3.05, 3.63) is 18.2 Å². The van der Waals surface area contributed by atoms with Crippen LogP contribution < -0.4 is 5.32 Å². The number of imidazole rings is 1. The summed E-state index contributed by atoms with van der Waals surface area (Å²) < 4.78 is 12.5. The topological polar surface area (TPSA) is 48.3 Å². The largest absolute Gasteiger partial charge is 0.350 e. The lowest BCUT2D eigenvalue weighted by Gasteiger charge is -2.18. The molecule has 0 spiro atoms. The molecule has 0 aliphatic rings. The number of ether oxygens (including phenoxy) is 2. The lowest BCUT2D eigenvalue weighted by atomic mass is 10.2. The Kier molecular flexibility index (Phi) is 5.45.